The summed E-state index contributed by atoms with van der Waals surface area (Å²) in [6.07, 6.45) is -6.00. The molecule has 0 radical (unpaired) electrons. The number of ether oxygens (including phenoxy) is 2. The standard InChI is InChI=1S/C20H31NO7S/c1-4-13-7-5-6-11(2)16(13)21(15(23)10-29)12(3)9-27-20-19(26)18(25)17(24)14(8-22)28-20/h5-7,12,14,17-20,22,24-26,29H,4,8-10H2,1-3H3/t12?,14-,17-,18+,19-,20-/m1/s1. The van der Waals surface area contributed by atoms with E-state index in [0.717, 1.165) is 23.2 Å². The lowest BCUT2D eigenvalue weighted by atomic mass is 9.99. The van der Waals surface area contributed by atoms with Gasteiger partial charge in [0.25, 0.3) is 0 Å². The predicted octanol–water partition coefficient (Wildman–Crippen LogP) is 0.0252. The maximum Gasteiger partial charge on any atom is 0.237 e. The van der Waals surface area contributed by atoms with Gasteiger partial charge >= 0.3 is 0 Å². The summed E-state index contributed by atoms with van der Waals surface area (Å²) in [5.41, 5.74) is 2.76. The molecule has 0 aromatic heterocycles. The highest BCUT2D eigenvalue weighted by Crippen LogP contribution is 2.29. The summed E-state index contributed by atoms with van der Waals surface area (Å²) in [6, 6.07) is 5.41. The van der Waals surface area contributed by atoms with Crippen molar-refractivity contribution in [3.05, 3.63) is 29.3 Å². The molecule has 1 saturated heterocycles. The van der Waals surface area contributed by atoms with Crippen molar-refractivity contribution >= 4 is 24.2 Å². The summed E-state index contributed by atoms with van der Waals surface area (Å²) < 4.78 is 11.0. The van der Waals surface area contributed by atoms with Crippen LogP contribution in [-0.2, 0) is 20.7 Å². The Morgan fingerprint density at radius 3 is 2.55 bits per heavy atom. The van der Waals surface area contributed by atoms with E-state index in [0.29, 0.717) is 0 Å². The van der Waals surface area contributed by atoms with E-state index in [2.05, 4.69) is 12.6 Å². The number of thiol groups is 1. The van der Waals surface area contributed by atoms with Crippen molar-refractivity contribution in [1.82, 2.24) is 0 Å². The Balaban J connectivity index is 2.20. The molecule has 2 rings (SSSR count). The van der Waals surface area contributed by atoms with Crippen molar-refractivity contribution in [2.75, 3.05) is 23.9 Å². The SMILES string of the molecule is CCc1cccc(C)c1N(C(=O)CS)C(C)CO[C@@H]1O[C@H](CO)[C@@H](O)[C@H](O)[C@H]1O. The van der Waals surface area contributed by atoms with Crippen LogP contribution in [-0.4, -0.2) is 82.0 Å². The van der Waals surface area contributed by atoms with Gasteiger partial charge < -0.3 is 34.8 Å². The Hall–Kier alpha value is -1.20. The number of anilines is 1. The lowest BCUT2D eigenvalue weighted by molar-refractivity contribution is -0.301. The number of benzene rings is 1. The van der Waals surface area contributed by atoms with Crippen LogP contribution in [0.3, 0.4) is 0 Å². The van der Waals surface area contributed by atoms with Gasteiger partial charge in [0.2, 0.25) is 5.91 Å². The van der Waals surface area contributed by atoms with E-state index >= 15 is 0 Å². The summed E-state index contributed by atoms with van der Waals surface area (Å²) >= 11 is 4.14. The third kappa shape index (κ3) is 5.29. The van der Waals surface area contributed by atoms with Crippen LogP contribution in [0.4, 0.5) is 5.69 Å². The molecule has 6 atom stereocenters. The number of hydrogen-bond donors (Lipinski definition) is 5. The lowest BCUT2D eigenvalue weighted by Crippen LogP contribution is -2.59. The van der Waals surface area contributed by atoms with Gasteiger partial charge in [0.1, 0.15) is 24.4 Å². The first-order chi connectivity index (χ1) is 13.8. The summed E-state index contributed by atoms with van der Waals surface area (Å²) in [4.78, 5) is 14.3. The highest BCUT2D eigenvalue weighted by molar-refractivity contribution is 7.81. The van der Waals surface area contributed by atoms with Gasteiger partial charge in [-0.25, -0.2) is 0 Å². The molecule has 1 unspecified atom stereocenters. The van der Waals surface area contributed by atoms with E-state index < -0.39 is 43.4 Å². The van der Waals surface area contributed by atoms with Gasteiger partial charge in [-0.15, -0.1) is 0 Å². The van der Waals surface area contributed by atoms with Crippen molar-refractivity contribution in [1.29, 1.82) is 0 Å². The van der Waals surface area contributed by atoms with Gasteiger partial charge in [-0.2, -0.15) is 12.6 Å². The summed E-state index contributed by atoms with van der Waals surface area (Å²) in [7, 11) is 0. The Morgan fingerprint density at radius 2 is 1.97 bits per heavy atom. The van der Waals surface area contributed by atoms with Crippen LogP contribution in [0.2, 0.25) is 0 Å². The number of carbonyl (C=O) groups is 1. The zero-order valence-corrected chi connectivity index (χ0v) is 17.8. The van der Waals surface area contributed by atoms with Crippen molar-refractivity contribution in [2.24, 2.45) is 0 Å². The minimum atomic E-state index is -1.51. The first kappa shape index (κ1) is 24.1. The summed E-state index contributed by atoms with van der Waals surface area (Å²) in [5.74, 6) is -0.177. The first-order valence-electron chi connectivity index (χ1n) is 9.70. The molecule has 29 heavy (non-hydrogen) atoms. The number of aryl methyl sites for hydroxylation is 2. The smallest absolute Gasteiger partial charge is 0.237 e. The van der Waals surface area contributed by atoms with Gasteiger partial charge in [-0.05, 0) is 31.4 Å². The molecule has 0 spiro atoms. The second kappa shape index (κ2) is 10.7. The lowest BCUT2D eigenvalue weighted by Gasteiger charge is -2.40. The quantitative estimate of drug-likeness (QED) is 0.370. The fraction of sp³-hybridized carbons (Fsp3) is 0.650. The number of aliphatic hydroxyl groups is 4. The number of amides is 1. The highest BCUT2D eigenvalue weighted by atomic mass is 32.1. The minimum absolute atomic E-state index is 0.000301. The number of nitrogens with zero attached hydrogens (tertiary/aromatic N) is 1. The number of hydrogen-bond acceptors (Lipinski definition) is 8. The van der Waals surface area contributed by atoms with E-state index in [4.69, 9.17) is 9.47 Å². The number of rotatable bonds is 8. The third-order valence-electron chi connectivity index (χ3n) is 5.14. The molecule has 164 valence electrons. The van der Waals surface area contributed by atoms with Gasteiger partial charge in [0.15, 0.2) is 6.29 Å². The third-order valence-corrected chi connectivity index (χ3v) is 5.41. The molecule has 8 nitrogen and oxygen atoms in total. The molecule has 0 saturated carbocycles. The molecular weight excluding hydrogens is 398 g/mol. The molecule has 1 heterocycles. The zero-order valence-electron chi connectivity index (χ0n) is 16.9. The molecular formula is C20H31NO7S. The topological polar surface area (TPSA) is 120 Å². The van der Waals surface area contributed by atoms with E-state index in [1.807, 2.05) is 32.0 Å². The average molecular weight is 430 g/mol. The predicted molar refractivity (Wildman–Crippen MR) is 111 cm³/mol. The second-order valence-corrected chi connectivity index (χ2v) is 7.55. The molecule has 1 aromatic rings. The zero-order chi connectivity index (χ0) is 21.7. The van der Waals surface area contributed by atoms with Crippen LogP contribution in [0.15, 0.2) is 18.2 Å². The van der Waals surface area contributed by atoms with Crippen molar-refractivity contribution in [2.45, 2.75) is 63.9 Å². The van der Waals surface area contributed by atoms with Crippen molar-refractivity contribution in [3.8, 4) is 0 Å². The average Bonchev–Trinajstić information content (AvgIpc) is 2.72. The van der Waals surface area contributed by atoms with Crippen LogP contribution >= 0.6 is 12.6 Å². The molecule has 0 aliphatic carbocycles. The molecule has 1 aliphatic rings. The van der Waals surface area contributed by atoms with E-state index in [1.165, 1.54) is 0 Å². The van der Waals surface area contributed by atoms with Crippen molar-refractivity contribution in [3.63, 3.8) is 0 Å². The number of aliphatic hydroxyl groups excluding tert-OH is 4. The Labute approximate surface area is 176 Å². The molecule has 1 aromatic carbocycles. The van der Waals surface area contributed by atoms with Crippen molar-refractivity contribution < 1.29 is 34.7 Å². The van der Waals surface area contributed by atoms with E-state index in [1.54, 1.807) is 11.8 Å². The largest absolute Gasteiger partial charge is 0.394 e. The first-order valence-corrected chi connectivity index (χ1v) is 10.3. The molecule has 1 amide bonds. The normalized spacial score (nSPS) is 28.2. The summed E-state index contributed by atoms with van der Waals surface area (Å²) in [6.45, 7) is 5.21. The van der Waals surface area contributed by atoms with Gasteiger partial charge in [-0.3, -0.25) is 4.79 Å². The van der Waals surface area contributed by atoms with Crippen LogP contribution in [0.1, 0.15) is 25.0 Å². The van der Waals surface area contributed by atoms with Crippen LogP contribution in [0.5, 0.6) is 0 Å². The fourth-order valence-corrected chi connectivity index (χ4v) is 3.68. The number of para-hydroxylation sites is 1. The Bertz CT molecular complexity index is 687. The molecule has 9 heteroatoms. The second-order valence-electron chi connectivity index (χ2n) is 7.24. The maximum absolute atomic E-state index is 12.7. The monoisotopic (exact) mass is 429 g/mol. The Morgan fingerprint density at radius 1 is 1.28 bits per heavy atom. The van der Waals surface area contributed by atoms with Crippen LogP contribution < -0.4 is 4.90 Å². The molecule has 0 bridgehead atoms. The molecule has 1 aliphatic heterocycles. The van der Waals surface area contributed by atoms with Crippen LogP contribution in [0, 0.1) is 6.92 Å². The van der Waals surface area contributed by atoms with Gasteiger partial charge in [-0.1, -0.05) is 25.1 Å². The number of carbonyl (C=O) groups excluding carboxylic acids is 1. The van der Waals surface area contributed by atoms with E-state index in [-0.39, 0.29) is 18.3 Å². The Kier molecular flexibility index (Phi) is 8.90. The highest BCUT2D eigenvalue weighted by Gasteiger charge is 2.44. The fourth-order valence-electron chi connectivity index (χ4n) is 3.53. The summed E-state index contributed by atoms with van der Waals surface area (Å²) in [5, 5.41) is 39.2. The van der Waals surface area contributed by atoms with Gasteiger partial charge in [0, 0.05) is 0 Å². The maximum atomic E-state index is 12.7. The molecule has 1 fully saturated rings. The van der Waals surface area contributed by atoms with E-state index in [9.17, 15) is 25.2 Å². The van der Waals surface area contributed by atoms with Gasteiger partial charge in [0.05, 0.1) is 30.7 Å². The minimum Gasteiger partial charge on any atom is -0.394 e. The van der Waals surface area contributed by atoms with Crippen LogP contribution in [0.25, 0.3) is 0 Å². The molecule has 4 N–H and O–H groups in total.